The summed E-state index contributed by atoms with van der Waals surface area (Å²) in [4.78, 5) is 2.52. The summed E-state index contributed by atoms with van der Waals surface area (Å²) in [5, 5.41) is 24.2. The lowest BCUT2D eigenvalue weighted by Gasteiger charge is -2.68. The van der Waals surface area contributed by atoms with Gasteiger partial charge in [0, 0.05) is 37.4 Å². The highest BCUT2D eigenvalue weighted by Crippen LogP contribution is 2.71. The van der Waals surface area contributed by atoms with Gasteiger partial charge in [-0.2, -0.15) is 0 Å². The minimum Gasteiger partial charge on any atom is -1.00 e. The maximum absolute atomic E-state index is 12.2. The van der Waals surface area contributed by atoms with Crippen LogP contribution in [-0.4, -0.2) is 58.7 Å². The van der Waals surface area contributed by atoms with E-state index in [0.29, 0.717) is 35.9 Å². The van der Waals surface area contributed by atoms with Crippen LogP contribution >= 0.6 is 0 Å². The first-order valence-corrected chi connectivity index (χ1v) is 15.1. The molecule has 0 aromatic heterocycles. The predicted molar refractivity (Wildman–Crippen MR) is 142 cm³/mol. The highest BCUT2D eigenvalue weighted by molar-refractivity contribution is 5.66. The van der Waals surface area contributed by atoms with Gasteiger partial charge in [0.15, 0.2) is 6.23 Å². The number of nitrogens with zero attached hydrogens (tertiary/aromatic N) is 2. The average Bonchev–Trinajstić information content (AvgIpc) is 3.26. The normalized spacial score (nSPS) is 43.0. The molecule has 36 heavy (non-hydrogen) atoms. The number of hydrogen-bond acceptors (Lipinski definition) is 3. The highest BCUT2D eigenvalue weighted by Gasteiger charge is 2.82. The molecular weight excluding hydrogens is 512 g/mol. The average molecular weight is 562 g/mol. The van der Waals surface area contributed by atoms with E-state index in [-0.39, 0.29) is 34.7 Å². The van der Waals surface area contributed by atoms with Crippen LogP contribution in [0, 0.1) is 17.8 Å². The van der Waals surface area contributed by atoms with Crippen LogP contribution in [0.4, 0.5) is 5.69 Å². The molecule has 6 aliphatic rings. The van der Waals surface area contributed by atoms with Crippen molar-refractivity contribution in [1.82, 2.24) is 0 Å². The maximum atomic E-state index is 12.2. The lowest BCUT2D eigenvalue weighted by Crippen LogP contribution is -3.00. The van der Waals surface area contributed by atoms with Gasteiger partial charge in [0.1, 0.15) is 6.04 Å². The molecule has 1 saturated carbocycles. The Kier molecular flexibility index (Phi) is 7.62. The van der Waals surface area contributed by atoms with E-state index in [4.69, 9.17) is 0 Å². The molecule has 1 aromatic carbocycles. The standard InChI is InChI=1S/C31H49N2O2.BrH/c1-4-6-7-8-9-10-11-12-15-18-33-25-19-22(21(5-2)30(33)35)27-26(33)20-31(29(27)34)23-16-13-14-17-24(23)32(3)28(25)31;/h13-14,16-17,21-22,25-30,34-35H,4-12,15,18-20H2,1-3H3;1H/q+1;/p-1/t21-,22+,25-,26-,27+,28-,29+,30+,31-,33?;/m0./s1. The summed E-state index contributed by atoms with van der Waals surface area (Å²) in [7, 11) is 2.27. The first kappa shape index (κ1) is 27.0. The Morgan fingerprint density at radius 1 is 0.944 bits per heavy atom. The summed E-state index contributed by atoms with van der Waals surface area (Å²) in [6.45, 7) is 5.66. The van der Waals surface area contributed by atoms with E-state index >= 15 is 0 Å². The third-order valence-electron chi connectivity index (χ3n) is 11.8. The number of para-hydroxylation sites is 1. The number of benzene rings is 1. The van der Waals surface area contributed by atoms with Gasteiger partial charge >= 0.3 is 0 Å². The fourth-order valence-corrected chi connectivity index (χ4v) is 10.5. The van der Waals surface area contributed by atoms with Crippen LogP contribution in [-0.2, 0) is 5.41 Å². The zero-order chi connectivity index (χ0) is 24.4. The second-order valence-corrected chi connectivity index (χ2v) is 12.9. The van der Waals surface area contributed by atoms with Crippen LogP contribution in [0.1, 0.15) is 96.5 Å². The molecule has 7 rings (SSSR count). The van der Waals surface area contributed by atoms with Crippen LogP contribution in [0.5, 0.6) is 0 Å². The van der Waals surface area contributed by atoms with Crippen molar-refractivity contribution in [1.29, 1.82) is 0 Å². The molecule has 5 bridgehead atoms. The van der Waals surface area contributed by atoms with E-state index in [1.54, 1.807) is 0 Å². The van der Waals surface area contributed by atoms with Crippen molar-refractivity contribution in [2.24, 2.45) is 17.8 Å². The third kappa shape index (κ3) is 3.41. The lowest BCUT2D eigenvalue weighted by molar-refractivity contribution is -1.04. The molecule has 0 radical (unpaired) electrons. The molecule has 5 heteroatoms. The molecule has 5 aliphatic heterocycles. The Morgan fingerprint density at radius 2 is 1.61 bits per heavy atom. The molecule has 4 saturated heterocycles. The van der Waals surface area contributed by atoms with E-state index in [9.17, 15) is 10.2 Å². The molecule has 1 aliphatic carbocycles. The van der Waals surface area contributed by atoms with Gasteiger partial charge in [0.05, 0.1) is 30.1 Å². The summed E-state index contributed by atoms with van der Waals surface area (Å²) >= 11 is 0. The monoisotopic (exact) mass is 560 g/mol. The van der Waals surface area contributed by atoms with Gasteiger partial charge in [-0.05, 0) is 36.8 Å². The zero-order valence-corrected chi connectivity index (χ0v) is 24.4. The number of halogens is 1. The van der Waals surface area contributed by atoms with Crippen molar-refractivity contribution in [3.05, 3.63) is 29.8 Å². The topological polar surface area (TPSA) is 43.7 Å². The van der Waals surface area contributed by atoms with Gasteiger partial charge in [-0.3, -0.25) is 4.48 Å². The fraction of sp³-hybridized carbons (Fsp3) is 0.806. The summed E-state index contributed by atoms with van der Waals surface area (Å²) in [5.41, 5.74) is 2.58. The van der Waals surface area contributed by atoms with E-state index < -0.39 is 0 Å². The number of unbranched alkanes of at least 4 members (excludes halogenated alkanes) is 8. The Hall–Kier alpha value is -0.620. The fourth-order valence-electron chi connectivity index (χ4n) is 10.5. The third-order valence-corrected chi connectivity index (χ3v) is 11.8. The number of anilines is 1. The second kappa shape index (κ2) is 10.2. The largest absolute Gasteiger partial charge is 1.00 e. The van der Waals surface area contributed by atoms with E-state index in [1.807, 2.05) is 0 Å². The van der Waals surface area contributed by atoms with Crippen molar-refractivity contribution >= 4 is 5.69 Å². The molecule has 4 nitrogen and oxygen atoms in total. The summed E-state index contributed by atoms with van der Waals surface area (Å²) in [6.07, 6.45) is 14.9. The van der Waals surface area contributed by atoms with Crippen LogP contribution in [0.15, 0.2) is 24.3 Å². The molecule has 1 aromatic rings. The van der Waals surface area contributed by atoms with Crippen molar-refractivity contribution in [2.45, 2.75) is 127 Å². The van der Waals surface area contributed by atoms with Crippen LogP contribution < -0.4 is 21.9 Å². The Labute approximate surface area is 229 Å². The number of aliphatic hydroxyl groups is 2. The molecule has 2 N–H and O–H groups in total. The summed E-state index contributed by atoms with van der Waals surface area (Å²) in [6, 6.07) is 10.1. The maximum Gasteiger partial charge on any atom is 0.194 e. The molecule has 10 atom stereocenters. The molecule has 5 heterocycles. The Morgan fingerprint density at radius 3 is 2.31 bits per heavy atom. The van der Waals surface area contributed by atoms with Gasteiger partial charge < -0.3 is 32.1 Å². The minimum absolute atomic E-state index is 0. The van der Waals surface area contributed by atoms with Crippen LogP contribution in [0.25, 0.3) is 0 Å². The number of rotatable bonds is 11. The van der Waals surface area contributed by atoms with Crippen molar-refractivity contribution < 1.29 is 31.7 Å². The zero-order valence-electron chi connectivity index (χ0n) is 22.8. The van der Waals surface area contributed by atoms with Gasteiger partial charge in [-0.15, -0.1) is 0 Å². The number of likely N-dealkylation sites (N-methyl/N-ethyl adjacent to an activating group) is 1. The molecular formula is C31H49BrN2O2. The minimum atomic E-state index is -0.275. The number of quaternary nitrogens is 1. The molecule has 1 unspecified atom stereocenters. The Bertz CT molecular complexity index is 928. The van der Waals surface area contributed by atoms with Crippen molar-refractivity contribution in [3.8, 4) is 0 Å². The first-order chi connectivity index (χ1) is 17.0. The summed E-state index contributed by atoms with van der Waals surface area (Å²) < 4.78 is 0.901. The van der Waals surface area contributed by atoms with Gasteiger partial charge in [0.25, 0.3) is 0 Å². The van der Waals surface area contributed by atoms with Gasteiger partial charge in [-0.25, -0.2) is 0 Å². The smallest absolute Gasteiger partial charge is 0.194 e. The first-order valence-electron chi connectivity index (χ1n) is 15.1. The van der Waals surface area contributed by atoms with Crippen LogP contribution in [0.2, 0.25) is 0 Å². The lowest BCUT2D eigenvalue weighted by atomic mass is 9.60. The van der Waals surface area contributed by atoms with E-state index in [0.717, 1.165) is 23.9 Å². The number of fused-ring (bicyclic) bond motifs is 2. The van der Waals surface area contributed by atoms with Crippen molar-refractivity contribution in [2.75, 3.05) is 18.5 Å². The van der Waals surface area contributed by atoms with Gasteiger partial charge in [0.2, 0.25) is 0 Å². The molecule has 5 fully saturated rings. The van der Waals surface area contributed by atoms with E-state index in [1.165, 1.54) is 75.5 Å². The molecule has 202 valence electrons. The molecule has 0 amide bonds. The SMILES string of the molecule is CCCCCCCCCCC[N+]12[C@H](O)[C@@H](CC)[C@H]3C[C@H]1[C@@H]1N(C)c4ccccc4[C@@]14C[C@H]2[C@@H]3[C@H]4O.[Br-]. The quantitative estimate of drug-likeness (QED) is 0.323. The number of piperidine rings is 4. The second-order valence-electron chi connectivity index (χ2n) is 12.9. The van der Waals surface area contributed by atoms with Crippen LogP contribution in [0.3, 0.4) is 0 Å². The number of aliphatic hydroxyl groups excluding tert-OH is 2. The van der Waals surface area contributed by atoms with Crippen molar-refractivity contribution in [3.63, 3.8) is 0 Å². The Balaban J connectivity index is 0.00000267. The number of hydrogen-bond donors (Lipinski definition) is 2. The van der Waals surface area contributed by atoms with E-state index in [2.05, 4.69) is 50.1 Å². The summed E-state index contributed by atoms with van der Waals surface area (Å²) in [5.74, 6) is 1.17. The predicted octanol–water partition coefficient (Wildman–Crippen LogP) is 2.60. The highest BCUT2D eigenvalue weighted by atomic mass is 79.9. The van der Waals surface area contributed by atoms with Gasteiger partial charge in [-0.1, -0.05) is 77.0 Å². The molecule has 1 spiro atoms.